The topological polar surface area (TPSA) is 83.8 Å². The number of nitrogens with one attached hydrogen (secondary N) is 2. The van der Waals surface area contributed by atoms with E-state index in [4.69, 9.17) is 5.73 Å². The fourth-order valence-electron chi connectivity index (χ4n) is 1.55. The molecule has 1 aromatic carbocycles. The largest absolute Gasteiger partial charge is 0.397 e. The normalized spacial score (nSPS) is 10.3. The molecular formula is C13H16N4OS. The molecule has 0 spiro atoms. The van der Waals surface area contributed by atoms with Gasteiger partial charge in [-0.05, 0) is 18.6 Å². The lowest BCUT2D eigenvalue weighted by Crippen LogP contribution is -2.12. The number of rotatable bonds is 6. The standard InChI is InChI=1S/C13H16N4OS/c14-10-4-1-2-5-11(10)17-12(18)6-3-9-19-13-15-7-8-16-13/h1-2,4-5,7-8H,3,6,9,14H2,(H,15,16)(H,17,18). The van der Waals surface area contributed by atoms with Crippen LogP contribution in [0.2, 0.25) is 0 Å². The molecule has 0 aliphatic rings. The van der Waals surface area contributed by atoms with E-state index in [2.05, 4.69) is 15.3 Å². The zero-order valence-electron chi connectivity index (χ0n) is 10.4. The van der Waals surface area contributed by atoms with Crippen LogP contribution in [-0.2, 0) is 4.79 Å². The Kier molecular flexibility index (Phi) is 4.85. The number of hydrogen-bond acceptors (Lipinski definition) is 4. The Morgan fingerprint density at radius 1 is 1.42 bits per heavy atom. The van der Waals surface area contributed by atoms with Gasteiger partial charge in [-0.2, -0.15) is 0 Å². The summed E-state index contributed by atoms with van der Waals surface area (Å²) in [5, 5.41) is 3.69. The predicted octanol–water partition coefficient (Wildman–Crippen LogP) is 2.50. The lowest BCUT2D eigenvalue weighted by atomic mass is 10.2. The number of anilines is 2. The number of nitrogen functional groups attached to an aromatic ring is 1. The lowest BCUT2D eigenvalue weighted by Gasteiger charge is -2.07. The van der Waals surface area contributed by atoms with Crippen molar-refractivity contribution < 1.29 is 4.79 Å². The number of para-hydroxylation sites is 2. The molecule has 1 amide bonds. The number of nitrogens with zero attached hydrogens (tertiary/aromatic N) is 1. The molecular weight excluding hydrogens is 260 g/mol. The highest BCUT2D eigenvalue weighted by Crippen LogP contribution is 2.18. The van der Waals surface area contributed by atoms with Crippen molar-refractivity contribution in [2.45, 2.75) is 18.0 Å². The van der Waals surface area contributed by atoms with Gasteiger partial charge in [-0.1, -0.05) is 23.9 Å². The van der Waals surface area contributed by atoms with E-state index in [0.29, 0.717) is 17.8 Å². The zero-order chi connectivity index (χ0) is 13.5. The summed E-state index contributed by atoms with van der Waals surface area (Å²) in [6.45, 7) is 0. The number of nitrogens with two attached hydrogens (primary N) is 1. The number of H-pyrrole nitrogens is 1. The molecule has 1 aromatic heterocycles. The van der Waals surface area contributed by atoms with E-state index in [-0.39, 0.29) is 5.91 Å². The van der Waals surface area contributed by atoms with Gasteiger partial charge in [0.1, 0.15) is 0 Å². The van der Waals surface area contributed by atoms with Crippen molar-refractivity contribution in [3.05, 3.63) is 36.7 Å². The number of imidazole rings is 1. The average molecular weight is 276 g/mol. The van der Waals surface area contributed by atoms with Gasteiger partial charge in [-0.15, -0.1) is 0 Å². The van der Waals surface area contributed by atoms with Crippen LogP contribution in [0.4, 0.5) is 11.4 Å². The van der Waals surface area contributed by atoms with Crippen molar-refractivity contribution in [2.24, 2.45) is 0 Å². The van der Waals surface area contributed by atoms with Crippen LogP contribution in [0.25, 0.3) is 0 Å². The van der Waals surface area contributed by atoms with E-state index in [0.717, 1.165) is 17.3 Å². The second-order valence-electron chi connectivity index (χ2n) is 3.98. The molecule has 19 heavy (non-hydrogen) atoms. The highest BCUT2D eigenvalue weighted by atomic mass is 32.2. The van der Waals surface area contributed by atoms with Crippen molar-refractivity contribution in [3.8, 4) is 0 Å². The van der Waals surface area contributed by atoms with Crippen LogP contribution in [0.1, 0.15) is 12.8 Å². The van der Waals surface area contributed by atoms with Crippen LogP contribution >= 0.6 is 11.8 Å². The van der Waals surface area contributed by atoms with E-state index in [1.165, 1.54) is 0 Å². The Morgan fingerprint density at radius 3 is 3.00 bits per heavy atom. The van der Waals surface area contributed by atoms with Gasteiger partial charge < -0.3 is 16.0 Å². The van der Waals surface area contributed by atoms with Gasteiger partial charge >= 0.3 is 0 Å². The lowest BCUT2D eigenvalue weighted by molar-refractivity contribution is -0.116. The maximum Gasteiger partial charge on any atom is 0.224 e. The van der Waals surface area contributed by atoms with Gasteiger partial charge in [-0.25, -0.2) is 4.98 Å². The first kappa shape index (κ1) is 13.5. The van der Waals surface area contributed by atoms with Gasteiger partial charge in [0.05, 0.1) is 11.4 Å². The molecule has 0 atom stereocenters. The van der Waals surface area contributed by atoms with Crippen LogP contribution in [0.5, 0.6) is 0 Å². The second kappa shape index (κ2) is 6.84. The second-order valence-corrected chi connectivity index (χ2v) is 5.07. The third-order valence-corrected chi connectivity index (χ3v) is 3.48. The number of aromatic amines is 1. The van der Waals surface area contributed by atoms with Crippen molar-refractivity contribution in [1.29, 1.82) is 0 Å². The SMILES string of the molecule is Nc1ccccc1NC(=O)CCCSc1ncc[nH]1. The Hall–Kier alpha value is -1.95. The predicted molar refractivity (Wildman–Crippen MR) is 78.0 cm³/mol. The summed E-state index contributed by atoms with van der Waals surface area (Å²) >= 11 is 1.61. The molecule has 2 rings (SSSR count). The Labute approximate surface area is 116 Å². The number of aromatic nitrogens is 2. The molecule has 1 heterocycles. The molecule has 0 saturated carbocycles. The molecule has 0 aliphatic carbocycles. The number of carbonyl (C=O) groups excluding carboxylic acids is 1. The Balaban J connectivity index is 1.69. The Bertz CT molecular complexity index is 527. The Morgan fingerprint density at radius 2 is 2.26 bits per heavy atom. The number of carbonyl (C=O) groups is 1. The van der Waals surface area contributed by atoms with Crippen molar-refractivity contribution in [3.63, 3.8) is 0 Å². The summed E-state index contributed by atoms with van der Waals surface area (Å²) in [5.41, 5.74) is 7.01. The fourth-order valence-corrected chi connectivity index (χ4v) is 2.32. The highest BCUT2D eigenvalue weighted by Gasteiger charge is 2.05. The molecule has 0 aliphatic heterocycles. The molecule has 0 fully saturated rings. The third-order valence-electron chi connectivity index (χ3n) is 2.49. The number of benzene rings is 1. The van der Waals surface area contributed by atoms with Crippen LogP contribution < -0.4 is 11.1 Å². The molecule has 100 valence electrons. The minimum Gasteiger partial charge on any atom is -0.397 e. The summed E-state index contributed by atoms with van der Waals surface area (Å²) in [7, 11) is 0. The molecule has 0 saturated heterocycles. The minimum absolute atomic E-state index is 0.0158. The quantitative estimate of drug-likeness (QED) is 0.430. The van der Waals surface area contributed by atoms with Crippen molar-refractivity contribution in [2.75, 3.05) is 16.8 Å². The van der Waals surface area contributed by atoms with Crippen LogP contribution in [0.15, 0.2) is 41.8 Å². The van der Waals surface area contributed by atoms with Gasteiger partial charge in [0.25, 0.3) is 0 Å². The van der Waals surface area contributed by atoms with Gasteiger partial charge in [0.15, 0.2) is 5.16 Å². The first-order valence-electron chi connectivity index (χ1n) is 6.02. The van der Waals surface area contributed by atoms with Crippen LogP contribution in [0.3, 0.4) is 0 Å². The van der Waals surface area contributed by atoms with Crippen molar-refractivity contribution in [1.82, 2.24) is 9.97 Å². The van der Waals surface area contributed by atoms with Crippen LogP contribution in [0, 0.1) is 0 Å². The van der Waals surface area contributed by atoms with E-state index >= 15 is 0 Å². The summed E-state index contributed by atoms with van der Waals surface area (Å²) in [5.74, 6) is 0.837. The minimum atomic E-state index is -0.0158. The van der Waals surface area contributed by atoms with Gasteiger partial charge in [-0.3, -0.25) is 4.79 Å². The third kappa shape index (κ3) is 4.33. The summed E-state index contributed by atoms with van der Waals surface area (Å²) in [4.78, 5) is 18.8. The van der Waals surface area contributed by atoms with Gasteiger partial charge in [0.2, 0.25) is 5.91 Å². The van der Waals surface area contributed by atoms with Gasteiger partial charge in [0, 0.05) is 24.6 Å². The molecule has 0 unspecified atom stereocenters. The fraction of sp³-hybridized carbons (Fsp3) is 0.231. The highest BCUT2D eigenvalue weighted by molar-refractivity contribution is 7.99. The van der Waals surface area contributed by atoms with E-state index in [1.54, 1.807) is 36.3 Å². The molecule has 6 heteroatoms. The van der Waals surface area contributed by atoms with E-state index in [9.17, 15) is 4.79 Å². The summed E-state index contributed by atoms with van der Waals surface area (Å²) < 4.78 is 0. The molecule has 0 bridgehead atoms. The number of amides is 1. The van der Waals surface area contributed by atoms with Crippen molar-refractivity contribution >= 4 is 29.0 Å². The maximum absolute atomic E-state index is 11.7. The molecule has 4 N–H and O–H groups in total. The molecule has 5 nitrogen and oxygen atoms in total. The summed E-state index contributed by atoms with van der Waals surface area (Å²) in [6, 6.07) is 7.25. The number of hydrogen-bond donors (Lipinski definition) is 3. The van der Waals surface area contributed by atoms with Crippen LogP contribution in [-0.4, -0.2) is 21.6 Å². The molecule has 2 aromatic rings. The summed E-state index contributed by atoms with van der Waals surface area (Å²) in [6.07, 6.45) is 4.77. The zero-order valence-corrected chi connectivity index (χ0v) is 11.2. The monoisotopic (exact) mass is 276 g/mol. The maximum atomic E-state index is 11.7. The smallest absolute Gasteiger partial charge is 0.224 e. The average Bonchev–Trinajstić information content (AvgIpc) is 2.91. The van der Waals surface area contributed by atoms with E-state index in [1.807, 2.05) is 12.1 Å². The number of thioether (sulfide) groups is 1. The first-order valence-corrected chi connectivity index (χ1v) is 7.01. The molecule has 0 radical (unpaired) electrons. The first-order chi connectivity index (χ1) is 9.25. The van der Waals surface area contributed by atoms with E-state index < -0.39 is 0 Å².